The highest BCUT2D eigenvalue weighted by Gasteiger charge is 2.03. The van der Waals surface area contributed by atoms with E-state index in [9.17, 15) is 4.79 Å². The molecular formula is C8H18N2O. The number of unbranched alkanes of at least 4 members (excludes halogenated alkanes) is 1. The second-order valence-corrected chi connectivity index (χ2v) is 2.61. The van der Waals surface area contributed by atoms with Crippen molar-refractivity contribution in [1.82, 2.24) is 10.2 Å². The van der Waals surface area contributed by atoms with Crippen molar-refractivity contribution >= 4 is 6.03 Å². The van der Waals surface area contributed by atoms with Gasteiger partial charge in [0, 0.05) is 20.1 Å². The molecule has 0 radical (unpaired) electrons. The fourth-order valence-electron chi connectivity index (χ4n) is 0.783. The molecule has 2 amide bonds. The Hall–Kier alpha value is -0.730. The fourth-order valence-corrected chi connectivity index (χ4v) is 0.783. The number of nitrogens with zero attached hydrogens (tertiary/aromatic N) is 1. The monoisotopic (exact) mass is 158 g/mol. The van der Waals surface area contributed by atoms with E-state index < -0.39 is 0 Å². The zero-order chi connectivity index (χ0) is 8.69. The van der Waals surface area contributed by atoms with Crippen LogP contribution in [-0.2, 0) is 0 Å². The van der Waals surface area contributed by atoms with Crippen LogP contribution in [-0.4, -0.2) is 31.1 Å². The topological polar surface area (TPSA) is 32.3 Å². The van der Waals surface area contributed by atoms with Gasteiger partial charge in [-0.15, -0.1) is 0 Å². The average Bonchev–Trinajstić information content (AvgIpc) is 2.00. The van der Waals surface area contributed by atoms with Gasteiger partial charge in [0.1, 0.15) is 0 Å². The zero-order valence-electron chi connectivity index (χ0n) is 7.68. The van der Waals surface area contributed by atoms with Gasteiger partial charge in [0.2, 0.25) is 0 Å². The van der Waals surface area contributed by atoms with Gasteiger partial charge in [-0.3, -0.25) is 0 Å². The first-order valence-corrected chi connectivity index (χ1v) is 4.21. The van der Waals surface area contributed by atoms with Crippen molar-refractivity contribution in [3.8, 4) is 0 Å². The lowest BCUT2D eigenvalue weighted by Crippen LogP contribution is -2.37. The molecule has 11 heavy (non-hydrogen) atoms. The first-order valence-electron chi connectivity index (χ1n) is 4.21. The van der Waals surface area contributed by atoms with Crippen LogP contribution in [0.15, 0.2) is 0 Å². The maximum atomic E-state index is 11.1. The Balaban J connectivity index is 3.46. The number of carbonyl (C=O) groups excluding carboxylic acids is 1. The van der Waals surface area contributed by atoms with E-state index in [0.29, 0.717) is 6.54 Å². The molecule has 0 aromatic rings. The molecule has 0 saturated heterocycles. The molecule has 0 atom stereocenters. The smallest absolute Gasteiger partial charge is 0.317 e. The van der Waals surface area contributed by atoms with Crippen LogP contribution >= 0.6 is 0 Å². The standard InChI is InChI=1S/C8H18N2O/c1-4-6-7-10(3)8(11)9-5-2/h4-7H2,1-3H3,(H,9,11). The predicted octanol–water partition coefficient (Wildman–Crippen LogP) is 1.45. The molecule has 0 fully saturated rings. The minimum Gasteiger partial charge on any atom is -0.338 e. The van der Waals surface area contributed by atoms with Crippen molar-refractivity contribution in [2.24, 2.45) is 0 Å². The van der Waals surface area contributed by atoms with Gasteiger partial charge in [-0.05, 0) is 13.3 Å². The lowest BCUT2D eigenvalue weighted by molar-refractivity contribution is 0.209. The summed E-state index contributed by atoms with van der Waals surface area (Å²) >= 11 is 0. The van der Waals surface area contributed by atoms with Crippen molar-refractivity contribution in [3.05, 3.63) is 0 Å². The number of rotatable bonds is 4. The van der Waals surface area contributed by atoms with Gasteiger partial charge in [-0.2, -0.15) is 0 Å². The van der Waals surface area contributed by atoms with Crippen LogP contribution in [0, 0.1) is 0 Å². The Kier molecular flexibility index (Phi) is 5.61. The molecule has 0 aromatic carbocycles. The Morgan fingerprint density at radius 2 is 2.09 bits per heavy atom. The van der Waals surface area contributed by atoms with Gasteiger partial charge >= 0.3 is 6.03 Å². The third-order valence-corrected chi connectivity index (χ3v) is 1.52. The summed E-state index contributed by atoms with van der Waals surface area (Å²) in [5.74, 6) is 0. The number of hydrogen-bond acceptors (Lipinski definition) is 1. The van der Waals surface area contributed by atoms with Gasteiger partial charge in [-0.1, -0.05) is 13.3 Å². The number of carbonyl (C=O) groups is 1. The summed E-state index contributed by atoms with van der Waals surface area (Å²) in [5.41, 5.74) is 0. The van der Waals surface area contributed by atoms with Crippen LogP contribution in [0.4, 0.5) is 4.79 Å². The molecule has 0 aliphatic heterocycles. The second kappa shape index (κ2) is 6.01. The van der Waals surface area contributed by atoms with Crippen LogP contribution in [0.2, 0.25) is 0 Å². The molecule has 0 saturated carbocycles. The van der Waals surface area contributed by atoms with Gasteiger partial charge < -0.3 is 10.2 Å². The summed E-state index contributed by atoms with van der Waals surface area (Å²) in [6, 6.07) is 0.0287. The summed E-state index contributed by atoms with van der Waals surface area (Å²) in [7, 11) is 1.82. The fraction of sp³-hybridized carbons (Fsp3) is 0.875. The third-order valence-electron chi connectivity index (χ3n) is 1.52. The van der Waals surface area contributed by atoms with Gasteiger partial charge in [0.05, 0.1) is 0 Å². The highest BCUT2D eigenvalue weighted by molar-refractivity contribution is 5.73. The van der Waals surface area contributed by atoms with E-state index in [-0.39, 0.29) is 6.03 Å². The largest absolute Gasteiger partial charge is 0.338 e. The van der Waals surface area contributed by atoms with Crippen LogP contribution in [0.25, 0.3) is 0 Å². The number of nitrogens with one attached hydrogen (secondary N) is 1. The van der Waals surface area contributed by atoms with Gasteiger partial charge in [0.25, 0.3) is 0 Å². The average molecular weight is 158 g/mol. The molecular weight excluding hydrogens is 140 g/mol. The molecule has 0 aliphatic rings. The van der Waals surface area contributed by atoms with E-state index >= 15 is 0 Å². The first kappa shape index (κ1) is 10.3. The van der Waals surface area contributed by atoms with E-state index in [2.05, 4.69) is 12.2 Å². The lowest BCUT2D eigenvalue weighted by atomic mass is 10.3. The van der Waals surface area contributed by atoms with E-state index in [0.717, 1.165) is 19.4 Å². The van der Waals surface area contributed by atoms with Crippen LogP contribution in [0.1, 0.15) is 26.7 Å². The Morgan fingerprint density at radius 1 is 1.45 bits per heavy atom. The number of hydrogen-bond donors (Lipinski definition) is 1. The van der Waals surface area contributed by atoms with Crippen LogP contribution in [0.3, 0.4) is 0 Å². The summed E-state index contributed by atoms with van der Waals surface area (Å²) in [5, 5.41) is 2.74. The Bertz CT molecular complexity index is 115. The maximum Gasteiger partial charge on any atom is 0.317 e. The molecule has 0 heterocycles. The lowest BCUT2D eigenvalue weighted by Gasteiger charge is -2.16. The minimum atomic E-state index is 0.0287. The maximum absolute atomic E-state index is 11.1. The highest BCUT2D eigenvalue weighted by atomic mass is 16.2. The zero-order valence-corrected chi connectivity index (χ0v) is 7.68. The van der Waals surface area contributed by atoms with Crippen LogP contribution in [0.5, 0.6) is 0 Å². The summed E-state index contributed by atoms with van der Waals surface area (Å²) < 4.78 is 0. The second-order valence-electron chi connectivity index (χ2n) is 2.61. The number of amides is 2. The molecule has 0 spiro atoms. The van der Waals surface area contributed by atoms with Crippen molar-refractivity contribution in [2.75, 3.05) is 20.1 Å². The predicted molar refractivity (Wildman–Crippen MR) is 46.6 cm³/mol. The van der Waals surface area contributed by atoms with Crippen molar-refractivity contribution < 1.29 is 4.79 Å². The van der Waals surface area contributed by atoms with Gasteiger partial charge in [-0.25, -0.2) is 4.79 Å². The normalized spacial score (nSPS) is 9.36. The van der Waals surface area contributed by atoms with E-state index in [1.807, 2.05) is 14.0 Å². The van der Waals surface area contributed by atoms with Gasteiger partial charge in [0.15, 0.2) is 0 Å². The molecule has 1 N–H and O–H groups in total. The Morgan fingerprint density at radius 3 is 2.55 bits per heavy atom. The molecule has 0 unspecified atom stereocenters. The summed E-state index contributed by atoms with van der Waals surface area (Å²) in [6.07, 6.45) is 2.21. The molecule has 66 valence electrons. The molecule has 3 nitrogen and oxygen atoms in total. The van der Waals surface area contributed by atoms with E-state index in [1.54, 1.807) is 4.90 Å². The van der Waals surface area contributed by atoms with Crippen LogP contribution < -0.4 is 5.32 Å². The SMILES string of the molecule is CCCCN(C)C(=O)NCC. The van der Waals surface area contributed by atoms with Crippen molar-refractivity contribution in [3.63, 3.8) is 0 Å². The molecule has 0 rings (SSSR count). The van der Waals surface area contributed by atoms with Crippen molar-refractivity contribution in [1.29, 1.82) is 0 Å². The third kappa shape index (κ3) is 4.65. The molecule has 0 aromatic heterocycles. The molecule has 3 heteroatoms. The quantitative estimate of drug-likeness (QED) is 0.660. The number of urea groups is 1. The van der Waals surface area contributed by atoms with E-state index in [4.69, 9.17) is 0 Å². The molecule has 0 aliphatic carbocycles. The summed E-state index contributed by atoms with van der Waals surface area (Å²) in [6.45, 7) is 5.59. The summed E-state index contributed by atoms with van der Waals surface area (Å²) in [4.78, 5) is 12.8. The highest BCUT2D eigenvalue weighted by Crippen LogP contribution is 1.91. The minimum absolute atomic E-state index is 0.0287. The first-order chi connectivity index (χ1) is 5.22. The van der Waals surface area contributed by atoms with E-state index in [1.165, 1.54) is 0 Å². The van der Waals surface area contributed by atoms with Crippen molar-refractivity contribution in [2.45, 2.75) is 26.7 Å². The Labute approximate surface area is 68.8 Å². The molecule has 0 bridgehead atoms.